The van der Waals surface area contributed by atoms with Crippen molar-refractivity contribution in [2.45, 2.75) is 13.0 Å². The molecule has 0 heterocycles. The maximum atomic E-state index is 10.7. The largest absolute Gasteiger partial charge is 0.352 e. The van der Waals surface area contributed by atoms with E-state index in [0.29, 0.717) is 0 Å². The summed E-state index contributed by atoms with van der Waals surface area (Å²) in [6.07, 6.45) is 1.12. The summed E-state index contributed by atoms with van der Waals surface area (Å²) >= 11 is 0. The van der Waals surface area contributed by atoms with E-state index in [1.807, 2.05) is 0 Å². The van der Waals surface area contributed by atoms with Crippen LogP contribution < -0.4 is 11.1 Å². The number of sulfone groups is 1. The van der Waals surface area contributed by atoms with Gasteiger partial charge in [-0.15, -0.1) is 0 Å². The maximum Gasteiger partial charge on any atom is 0.233 e. The van der Waals surface area contributed by atoms with Gasteiger partial charge in [-0.2, -0.15) is 0 Å². The lowest BCUT2D eigenvalue weighted by Gasteiger charge is -2.11. The topological polar surface area (TPSA) is 89.3 Å². The van der Waals surface area contributed by atoms with E-state index < -0.39 is 9.84 Å². The zero-order chi connectivity index (χ0) is 9.78. The Bertz CT molecular complexity index is 248. The van der Waals surface area contributed by atoms with Gasteiger partial charge in [0.25, 0.3) is 0 Å². The third kappa shape index (κ3) is 6.11. The van der Waals surface area contributed by atoms with E-state index in [4.69, 9.17) is 5.73 Å². The van der Waals surface area contributed by atoms with Gasteiger partial charge in [0.2, 0.25) is 5.91 Å². The summed E-state index contributed by atoms with van der Waals surface area (Å²) in [4.78, 5) is 10.7. The van der Waals surface area contributed by atoms with Crippen LogP contribution in [0, 0.1) is 0 Å². The van der Waals surface area contributed by atoms with Crippen LogP contribution in [0.2, 0.25) is 0 Å². The van der Waals surface area contributed by atoms with Gasteiger partial charge in [0.15, 0.2) is 0 Å². The molecular formula is C6H14N2O3S. The summed E-state index contributed by atoms with van der Waals surface area (Å²) in [6, 6.07) is -0.379. The number of hydrogen-bond donors (Lipinski definition) is 2. The van der Waals surface area contributed by atoms with Gasteiger partial charge in [-0.25, -0.2) is 8.42 Å². The molecule has 0 aliphatic carbocycles. The third-order valence-electron chi connectivity index (χ3n) is 1.15. The summed E-state index contributed by atoms with van der Waals surface area (Å²) < 4.78 is 21.5. The molecule has 0 aromatic rings. The van der Waals surface area contributed by atoms with E-state index in [-0.39, 0.29) is 24.2 Å². The second kappa shape index (κ2) is 4.42. The van der Waals surface area contributed by atoms with Crippen molar-refractivity contribution in [3.05, 3.63) is 0 Å². The predicted octanol–water partition coefficient (Wildman–Crippen LogP) is -1.51. The molecule has 0 spiro atoms. The van der Waals surface area contributed by atoms with E-state index in [9.17, 15) is 13.2 Å². The minimum absolute atomic E-state index is 0.0568. The molecule has 72 valence electrons. The number of nitrogens with one attached hydrogen (secondary N) is 1. The molecule has 0 aromatic carbocycles. The van der Waals surface area contributed by atoms with Crippen molar-refractivity contribution >= 4 is 15.7 Å². The van der Waals surface area contributed by atoms with Crippen molar-refractivity contribution in [2.24, 2.45) is 5.73 Å². The molecule has 12 heavy (non-hydrogen) atoms. The smallest absolute Gasteiger partial charge is 0.233 e. The normalized spacial score (nSPS) is 13.9. The average Bonchev–Trinajstić information content (AvgIpc) is 1.82. The van der Waals surface area contributed by atoms with Crippen molar-refractivity contribution in [3.63, 3.8) is 0 Å². The van der Waals surface area contributed by atoms with Gasteiger partial charge in [0, 0.05) is 12.3 Å². The standard InChI is InChI=1S/C6H14N2O3S/c1-5(4-12(2,10)11)8-6(9)3-7/h5H,3-4,7H2,1-2H3,(H,8,9). The summed E-state index contributed by atoms with van der Waals surface area (Å²) in [7, 11) is -3.03. The van der Waals surface area contributed by atoms with Crippen LogP contribution in [0.4, 0.5) is 0 Å². The fraction of sp³-hybridized carbons (Fsp3) is 0.833. The molecule has 3 N–H and O–H groups in total. The molecule has 0 rings (SSSR count). The Balaban J connectivity index is 3.91. The second-order valence-electron chi connectivity index (χ2n) is 2.77. The van der Waals surface area contributed by atoms with E-state index in [0.717, 1.165) is 6.26 Å². The number of carbonyl (C=O) groups is 1. The minimum atomic E-state index is -3.03. The lowest BCUT2D eigenvalue weighted by molar-refractivity contribution is -0.120. The number of nitrogens with two attached hydrogens (primary N) is 1. The van der Waals surface area contributed by atoms with Gasteiger partial charge in [-0.05, 0) is 6.92 Å². The SMILES string of the molecule is CC(CS(C)(=O)=O)NC(=O)CN. The quantitative estimate of drug-likeness (QED) is 0.569. The summed E-state index contributed by atoms with van der Waals surface area (Å²) in [6.45, 7) is 1.50. The highest BCUT2D eigenvalue weighted by Crippen LogP contribution is 1.89. The average molecular weight is 194 g/mol. The van der Waals surface area contributed by atoms with E-state index >= 15 is 0 Å². The molecule has 0 aliphatic rings. The summed E-state index contributed by atoms with van der Waals surface area (Å²) in [5.74, 6) is -0.398. The zero-order valence-electron chi connectivity index (χ0n) is 7.20. The lowest BCUT2D eigenvalue weighted by Crippen LogP contribution is -2.40. The van der Waals surface area contributed by atoms with Crippen LogP contribution in [-0.2, 0) is 14.6 Å². The van der Waals surface area contributed by atoms with Crippen LogP contribution in [-0.4, -0.2) is 38.9 Å². The fourth-order valence-corrected chi connectivity index (χ4v) is 1.82. The monoisotopic (exact) mass is 194 g/mol. The molecule has 5 nitrogen and oxygen atoms in total. The van der Waals surface area contributed by atoms with Crippen molar-refractivity contribution in [1.82, 2.24) is 5.32 Å². The Morgan fingerprint density at radius 1 is 1.58 bits per heavy atom. The first-order valence-corrected chi connectivity index (χ1v) is 5.58. The highest BCUT2D eigenvalue weighted by molar-refractivity contribution is 7.90. The molecule has 0 aromatic heterocycles. The van der Waals surface area contributed by atoms with Crippen LogP contribution in [0.5, 0.6) is 0 Å². The van der Waals surface area contributed by atoms with Crippen LogP contribution in [0.1, 0.15) is 6.92 Å². The number of carbonyl (C=O) groups excluding carboxylic acids is 1. The molecule has 0 bridgehead atoms. The molecule has 0 saturated heterocycles. The zero-order valence-corrected chi connectivity index (χ0v) is 8.02. The molecule has 0 fully saturated rings. The van der Waals surface area contributed by atoms with Crippen molar-refractivity contribution < 1.29 is 13.2 Å². The van der Waals surface area contributed by atoms with Crippen LogP contribution in [0.3, 0.4) is 0 Å². The van der Waals surface area contributed by atoms with E-state index in [2.05, 4.69) is 5.32 Å². The predicted molar refractivity (Wildman–Crippen MR) is 46.4 cm³/mol. The fourth-order valence-electron chi connectivity index (χ4n) is 0.830. The summed E-state index contributed by atoms with van der Waals surface area (Å²) in [5.41, 5.74) is 5.02. The molecular weight excluding hydrogens is 180 g/mol. The summed E-state index contributed by atoms with van der Waals surface area (Å²) in [5, 5.41) is 2.44. The van der Waals surface area contributed by atoms with Gasteiger partial charge >= 0.3 is 0 Å². The first-order chi connectivity index (χ1) is 5.35. The maximum absolute atomic E-state index is 10.7. The molecule has 0 saturated carbocycles. The highest BCUT2D eigenvalue weighted by atomic mass is 32.2. The Kier molecular flexibility index (Phi) is 4.19. The van der Waals surface area contributed by atoms with Gasteiger partial charge in [-0.1, -0.05) is 0 Å². The third-order valence-corrected chi connectivity index (χ3v) is 2.25. The Morgan fingerprint density at radius 3 is 2.42 bits per heavy atom. The molecule has 1 amide bonds. The molecule has 6 heteroatoms. The molecule has 1 atom stereocenters. The Hall–Kier alpha value is -0.620. The van der Waals surface area contributed by atoms with Crippen LogP contribution >= 0.6 is 0 Å². The van der Waals surface area contributed by atoms with Gasteiger partial charge in [0.1, 0.15) is 9.84 Å². The number of amides is 1. The van der Waals surface area contributed by atoms with Crippen molar-refractivity contribution in [2.75, 3.05) is 18.6 Å². The highest BCUT2D eigenvalue weighted by Gasteiger charge is 2.11. The van der Waals surface area contributed by atoms with Crippen molar-refractivity contribution in [1.29, 1.82) is 0 Å². The molecule has 0 radical (unpaired) electrons. The van der Waals surface area contributed by atoms with Gasteiger partial charge < -0.3 is 11.1 Å². The van der Waals surface area contributed by atoms with E-state index in [1.54, 1.807) is 6.92 Å². The minimum Gasteiger partial charge on any atom is -0.352 e. The van der Waals surface area contributed by atoms with Gasteiger partial charge in [-0.3, -0.25) is 4.79 Å². The first kappa shape index (κ1) is 11.4. The van der Waals surface area contributed by atoms with Crippen LogP contribution in [0.25, 0.3) is 0 Å². The second-order valence-corrected chi connectivity index (χ2v) is 4.95. The lowest BCUT2D eigenvalue weighted by atomic mass is 10.4. The molecule has 1 unspecified atom stereocenters. The number of hydrogen-bond acceptors (Lipinski definition) is 4. The van der Waals surface area contributed by atoms with Gasteiger partial charge in [0.05, 0.1) is 12.3 Å². The molecule has 0 aliphatic heterocycles. The van der Waals surface area contributed by atoms with Crippen molar-refractivity contribution in [3.8, 4) is 0 Å². The Morgan fingerprint density at radius 2 is 2.08 bits per heavy atom. The van der Waals surface area contributed by atoms with E-state index in [1.165, 1.54) is 0 Å². The van der Waals surface area contributed by atoms with Crippen LogP contribution in [0.15, 0.2) is 0 Å². The number of rotatable bonds is 4. The Labute approximate surface area is 72.2 Å². The first-order valence-electron chi connectivity index (χ1n) is 3.52.